The summed E-state index contributed by atoms with van der Waals surface area (Å²) in [6, 6.07) is -0.0126. The highest BCUT2D eigenvalue weighted by atomic mass is 16.5. The Morgan fingerprint density at radius 3 is 3.00 bits per heavy atom. The molecule has 2 N–H and O–H groups in total. The number of nitrogens with zero attached hydrogens (tertiary/aromatic N) is 2. The zero-order chi connectivity index (χ0) is 17.4. The Morgan fingerprint density at radius 1 is 1.46 bits per heavy atom. The van der Waals surface area contributed by atoms with Gasteiger partial charge >= 0.3 is 0 Å². The fourth-order valence-corrected chi connectivity index (χ4v) is 2.66. The molecular formula is C16H28N4O4. The highest BCUT2D eigenvalue weighted by Gasteiger charge is 2.28. The number of rotatable bonds is 8. The summed E-state index contributed by atoms with van der Waals surface area (Å²) in [7, 11) is 3.99. The van der Waals surface area contributed by atoms with Crippen LogP contribution >= 0.6 is 0 Å². The minimum absolute atomic E-state index is 0.0114. The Hall–Kier alpha value is -1.51. The lowest BCUT2D eigenvalue weighted by molar-refractivity contribution is -0.126. The first-order valence-electron chi connectivity index (χ1n) is 8.52. The van der Waals surface area contributed by atoms with E-state index in [1.807, 2.05) is 14.1 Å². The molecule has 8 nitrogen and oxygen atoms in total. The molecule has 2 aliphatic rings. The van der Waals surface area contributed by atoms with Gasteiger partial charge in [0.2, 0.25) is 11.8 Å². The summed E-state index contributed by atoms with van der Waals surface area (Å²) < 4.78 is 11.3. The number of hydrogen-bond donors (Lipinski definition) is 2. The quantitative estimate of drug-likeness (QED) is 0.643. The third-order valence-electron chi connectivity index (χ3n) is 4.14. The number of likely N-dealkylation sites (N-methyl/N-ethyl adjacent to an activating group) is 1. The molecule has 2 rings (SSSR count). The van der Waals surface area contributed by atoms with Crippen molar-refractivity contribution in [1.82, 2.24) is 15.6 Å². The maximum atomic E-state index is 12.2. The monoisotopic (exact) mass is 340 g/mol. The number of carbonyl (C=O) groups excluding carboxylic acids is 2. The van der Waals surface area contributed by atoms with Gasteiger partial charge in [0.25, 0.3) is 0 Å². The molecule has 0 aromatic carbocycles. The fraction of sp³-hybridized carbons (Fsp3) is 0.812. The van der Waals surface area contributed by atoms with E-state index in [-0.39, 0.29) is 24.0 Å². The molecular weight excluding hydrogens is 312 g/mol. The molecule has 1 saturated heterocycles. The average molecular weight is 340 g/mol. The molecule has 0 saturated carbocycles. The van der Waals surface area contributed by atoms with E-state index >= 15 is 0 Å². The van der Waals surface area contributed by atoms with Crippen LogP contribution in [0.15, 0.2) is 5.10 Å². The Morgan fingerprint density at radius 2 is 2.29 bits per heavy atom. The summed E-state index contributed by atoms with van der Waals surface area (Å²) in [6.07, 6.45) is 2.68. The van der Waals surface area contributed by atoms with Crippen molar-refractivity contribution in [2.45, 2.75) is 44.2 Å². The summed E-state index contributed by atoms with van der Waals surface area (Å²) in [5.41, 5.74) is 3.32. The smallest absolute Gasteiger partial charge is 0.240 e. The number of ether oxygens (including phenoxy) is 2. The first kappa shape index (κ1) is 18.8. The number of hydrogen-bond acceptors (Lipinski definition) is 6. The molecule has 0 radical (unpaired) electrons. The van der Waals surface area contributed by atoms with Crippen molar-refractivity contribution in [3.63, 3.8) is 0 Å². The lowest BCUT2D eigenvalue weighted by Gasteiger charge is -2.32. The molecule has 0 aromatic heterocycles. The van der Waals surface area contributed by atoms with E-state index in [0.29, 0.717) is 45.5 Å². The molecule has 0 bridgehead atoms. The highest BCUT2D eigenvalue weighted by molar-refractivity contribution is 5.94. The molecule has 2 aliphatic heterocycles. The summed E-state index contributed by atoms with van der Waals surface area (Å²) in [4.78, 5) is 25.3. The lowest BCUT2D eigenvalue weighted by Crippen LogP contribution is -2.50. The van der Waals surface area contributed by atoms with Crippen LogP contribution in [0.3, 0.4) is 0 Å². The van der Waals surface area contributed by atoms with Gasteiger partial charge in [-0.2, -0.15) is 5.10 Å². The Balaban J connectivity index is 1.72. The van der Waals surface area contributed by atoms with Crippen molar-refractivity contribution in [1.29, 1.82) is 0 Å². The van der Waals surface area contributed by atoms with Gasteiger partial charge in [-0.05, 0) is 33.4 Å². The van der Waals surface area contributed by atoms with Crippen molar-refractivity contribution in [2.75, 3.05) is 40.5 Å². The van der Waals surface area contributed by atoms with Crippen LogP contribution in [0.1, 0.15) is 32.1 Å². The maximum Gasteiger partial charge on any atom is 0.240 e. The standard InChI is InChI=1S/C16H28N4O4/c1-20(2)8-10-24-14-11-23-9-7-13(14)17-15(21)5-3-12-4-6-16(22)19-18-12/h13-14H,3-11H2,1-2H3,(H,17,21)(H,19,22)/t13-,14-/m1/s1. The van der Waals surface area contributed by atoms with Gasteiger partial charge in [-0.25, -0.2) is 5.43 Å². The van der Waals surface area contributed by atoms with Gasteiger partial charge in [0.05, 0.1) is 19.3 Å². The second-order valence-corrected chi connectivity index (χ2v) is 6.46. The summed E-state index contributed by atoms with van der Waals surface area (Å²) in [5, 5.41) is 7.04. The maximum absolute atomic E-state index is 12.2. The molecule has 1 fully saturated rings. The molecule has 2 heterocycles. The van der Waals surface area contributed by atoms with Crippen molar-refractivity contribution in [3.8, 4) is 0 Å². The zero-order valence-corrected chi connectivity index (χ0v) is 14.5. The Bertz CT molecular complexity index is 467. The van der Waals surface area contributed by atoms with Crippen molar-refractivity contribution in [2.24, 2.45) is 5.10 Å². The van der Waals surface area contributed by atoms with E-state index in [1.54, 1.807) is 0 Å². The minimum atomic E-state index is -0.103. The second kappa shape index (κ2) is 9.71. The third kappa shape index (κ3) is 6.54. The van der Waals surface area contributed by atoms with Crippen molar-refractivity contribution >= 4 is 17.5 Å². The average Bonchev–Trinajstić information content (AvgIpc) is 2.55. The van der Waals surface area contributed by atoms with E-state index in [1.165, 1.54) is 0 Å². The molecule has 0 aliphatic carbocycles. The van der Waals surface area contributed by atoms with Crippen LogP contribution in [0.5, 0.6) is 0 Å². The molecule has 24 heavy (non-hydrogen) atoms. The van der Waals surface area contributed by atoms with Crippen LogP contribution < -0.4 is 10.7 Å². The molecule has 2 atom stereocenters. The first-order chi connectivity index (χ1) is 11.5. The number of amides is 2. The topological polar surface area (TPSA) is 92.3 Å². The molecule has 136 valence electrons. The summed E-state index contributed by atoms with van der Waals surface area (Å²) in [5.74, 6) is -0.0779. The van der Waals surface area contributed by atoms with E-state index in [0.717, 1.165) is 18.7 Å². The molecule has 0 unspecified atom stereocenters. The predicted molar refractivity (Wildman–Crippen MR) is 89.7 cm³/mol. The Kier molecular flexibility index (Phi) is 7.61. The van der Waals surface area contributed by atoms with Gasteiger partial charge < -0.3 is 19.7 Å². The molecule has 8 heteroatoms. The normalized spacial score (nSPS) is 24.5. The van der Waals surface area contributed by atoms with Crippen LogP contribution in [-0.4, -0.2) is 75.0 Å². The summed E-state index contributed by atoms with van der Waals surface area (Å²) >= 11 is 0. The van der Waals surface area contributed by atoms with Crippen LogP contribution in [0.4, 0.5) is 0 Å². The van der Waals surface area contributed by atoms with E-state index in [9.17, 15) is 9.59 Å². The van der Waals surface area contributed by atoms with Crippen LogP contribution in [0.2, 0.25) is 0 Å². The highest BCUT2D eigenvalue weighted by Crippen LogP contribution is 2.12. The predicted octanol–water partition coefficient (Wildman–Crippen LogP) is -0.115. The van der Waals surface area contributed by atoms with Gasteiger partial charge in [0.15, 0.2) is 0 Å². The van der Waals surface area contributed by atoms with Gasteiger partial charge in [-0.15, -0.1) is 0 Å². The summed E-state index contributed by atoms with van der Waals surface area (Å²) in [6.45, 7) is 2.60. The van der Waals surface area contributed by atoms with Crippen LogP contribution in [0.25, 0.3) is 0 Å². The molecule has 0 aromatic rings. The number of hydrazone groups is 1. The van der Waals surface area contributed by atoms with E-state index in [4.69, 9.17) is 9.47 Å². The van der Waals surface area contributed by atoms with Crippen molar-refractivity contribution < 1.29 is 19.1 Å². The third-order valence-corrected chi connectivity index (χ3v) is 4.14. The molecule has 0 spiro atoms. The van der Waals surface area contributed by atoms with Crippen molar-refractivity contribution in [3.05, 3.63) is 0 Å². The van der Waals surface area contributed by atoms with E-state index < -0.39 is 0 Å². The van der Waals surface area contributed by atoms with E-state index in [2.05, 4.69) is 20.7 Å². The number of nitrogens with one attached hydrogen (secondary N) is 2. The van der Waals surface area contributed by atoms with Gasteiger partial charge in [0, 0.05) is 31.7 Å². The fourth-order valence-electron chi connectivity index (χ4n) is 2.66. The minimum Gasteiger partial charge on any atom is -0.379 e. The molecule has 2 amide bonds. The number of carbonyl (C=O) groups is 2. The SMILES string of the molecule is CN(C)CCO[C@@H]1COCC[C@H]1NC(=O)CCC1=NNC(=O)CC1. The van der Waals surface area contributed by atoms with Gasteiger partial charge in [-0.1, -0.05) is 0 Å². The largest absolute Gasteiger partial charge is 0.379 e. The van der Waals surface area contributed by atoms with Crippen LogP contribution in [0, 0.1) is 0 Å². The van der Waals surface area contributed by atoms with Gasteiger partial charge in [0.1, 0.15) is 6.10 Å². The van der Waals surface area contributed by atoms with Gasteiger partial charge in [-0.3, -0.25) is 9.59 Å². The van der Waals surface area contributed by atoms with Crippen LogP contribution in [-0.2, 0) is 19.1 Å². The Labute approximate surface area is 142 Å². The zero-order valence-electron chi connectivity index (χ0n) is 14.5. The second-order valence-electron chi connectivity index (χ2n) is 6.46. The lowest BCUT2D eigenvalue weighted by atomic mass is 10.0. The first-order valence-corrected chi connectivity index (χ1v) is 8.52.